The molecule has 0 aliphatic heterocycles. The van der Waals surface area contributed by atoms with Crippen LogP contribution < -0.4 is 5.73 Å². The Morgan fingerprint density at radius 2 is 1.80 bits per heavy atom. The first-order valence-electron chi connectivity index (χ1n) is 5.34. The molecule has 0 saturated heterocycles. The summed E-state index contributed by atoms with van der Waals surface area (Å²) in [5, 5.41) is 0. The first-order chi connectivity index (χ1) is 6.99. The number of aliphatic imine (C=N–C) groups is 1. The zero-order chi connectivity index (χ0) is 11.3. The molecule has 0 aliphatic carbocycles. The second kappa shape index (κ2) is 4.96. The smallest absolute Gasteiger partial charge is 0.125 e. The van der Waals surface area contributed by atoms with Gasteiger partial charge >= 0.3 is 0 Å². The van der Waals surface area contributed by atoms with E-state index in [4.69, 9.17) is 5.73 Å². The second-order valence-electron chi connectivity index (χ2n) is 4.94. The van der Waals surface area contributed by atoms with Gasteiger partial charge in [0.25, 0.3) is 0 Å². The van der Waals surface area contributed by atoms with Gasteiger partial charge in [0.2, 0.25) is 0 Å². The lowest BCUT2D eigenvalue weighted by atomic mass is 9.92. The lowest BCUT2D eigenvalue weighted by molar-refractivity contribution is 0.385. The average Bonchev–Trinajstić information content (AvgIpc) is 2.17. The standard InChI is InChI=1S/C13H20N2/c1-13(2,3)9-10-15-12(14)11-7-5-4-6-8-11/h4-8H,9-10H2,1-3H3,(H2,14,15). The van der Waals surface area contributed by atoms with E-state index in [2.05, 4.69) is 25.8 Å². The van der Waals surface area contributed by atoms with Crippen LogP contribution in [-0.4, -0.2) is 12.4 Å². The van der Waals surface area contributed by atoms with Crippen LogP contribution in [0.2, 0.25) is 0 Å². The summed E-state index contributed by atoms with van der Waals surface area (Å²) in [4.78, 5) is 4.37. The van der Waals surface area contributed by atoms with Gasteiger partial charge in [-0.3, -0.25) is 4.99 Å². The van der Waals surface area contributed by atoms with Gasteiger partial charge in [-0.1, -0.05) is 51.1 Å². The quantitative estimate of drug-likeness (QED) is 0.596. The van der Waals surface area contributed by atoms with Crippen molar-refractivity contribution in [3.63, 3.8) is 0 Å². The van der Waals surface area contributed by atoms with Gasteiger partial charge in [0.15, 0.2) is 0 Å². The summed E-state index contributed by atoms with van der Waals surface area (Å²) in [6.07, 6.45) is 1.06. The van der Waals surface area contributed by atoms with Crippen LogP contribution in [0.3, 0.4) is 0 Å². The maximum absolute atomic E-state index is 5.87. The average molecular weight is 204 g/mol. The first-order valence-corrected chi connectivity index (χ1v) is 5.34. The van der Waals surface area contributed by atoms with Crippen LogP contribution in [-0.2, 0) is 0 Å². The zero-order valence-electron chi connectivity index (χ0n) is 9.83. The fourth-order valence-corrected chi connectivity index (χ4v) is 1.21. The van der Waals surface area contributed by atoms with Gasteiger partial charge in [-0.2, -0.15) is 0 Å². The van der Waals surface area contributed by atoms with Gasteiger partial charge < -0.3 is 5.73 Å². The van der Waals surface area contributed by atoms with Crippen molar-refractivity contribution in [1.29, 1.82) is 0 Å². The molecule has 2 nitrogen and oxygen atoms in total. The largest absolute Gasteiger partial charge is 0.384 e. The molecule has 1 aromatic carbocycles. The van der Waals surface area contributed by atoms with Crippen LogP contribution in [0.5, 0.6) is 0 Å². The second-order valence-corrected chi connectivity index (χ2v) is 4.94. The summed E-state index contributed by atoms with van der Waals surface area (Å²) < 4.78 is 0. The summed E-state index contributed by atoms with van der Waals surface area (Å²) in [6.45, 7) is 7.42. The SMILES string of the molecule is CC(C)(C)CCN=C(N)c1ccccc1. The number of amidine groups is 1. The Hall–Kier alpha value is -1.31. The summed E-state index contributed by atoms with van der Waals surface area (Å²) in [7, 11) is 0. The van der Waals surface area contributed by atoms with E-state index in [0.717, 1.165) is 18.5 Å². The van der Waals surface area contributed by atoms with Crippen LogP contribution in [0.1, 0.15) is 32.8 Å². The Balaban J connectivity index is 2.54. The number of nitrogens with zero attached hydrogens (tertiary/aromatic N) is 1. The Morgan fingerprint density at radius 1 is 1.20 bits per heavy atom. The molecule has 1 rings (SSSR count). The van der Waals surface area contributed by atoms with Gasteiger partial charge in [-0.15, -0.1) is 0 Å². The van der Waals surface area contributed by atoms with Crippen molar-refractivity contribution in [1.82, 2.24) is 0 Å². The molecule has 15 heavy (non-hydrogen) atoms. The number of benzene rings is 1. The maximum Gasteiger partial charge on any atom is 0.125 e. The molecule has 0 heterocycles. The molecule has 0 bridgehead atoms. The van der Waals surface area contributed by atoms with E-state index in [1.807, 2.05) is 30.3 Å². The van der Waals surface area contributed by atoms with E-state index >= 15 is 0 Å². The predicted molar refractivity (Wildman–Crippen MR) is 66.1 cm³/mol. The topological polar surface area (TPSA) is 38.4 Å². The number of hydrogen-bond donors (Lipinski definition) is 1. The van der Waals surface area contributed by atoms with Gasteiger partial charge in [-0.25, -0.2) is 0 Å². The van der Waals surface area contributed by atoms with Crippen molar-refractivity contribution in [2.24, 2.45) is 16.1 Å². The van der Waals surface area contributed by atoms with Crippen molar-refractivity contribution in [3.8, 4) is 0 Å². The van der Waals surface area contributed by atoms with E-state index in [1.165, 1.54) is 0 Å². The molecule has 0 aliphatic rings. The Kier molecular flexibility index (Phi) is 3.89. The Bertz CT molecular complexity index is 320. The molecule has 0 fully saturated rings. The molecular weight excluding hydrogens is 184 g/mol. The molecule has 0 atom stereocenters. The van der Waals surface area contributed by atoms with Crippen molar-refractivity contribution in [2.45, 2.75) is 27.2 Å². The normalized spacial score (nSPS) is 12.9. The third-order valence-corrected chi connectivity index (χ3v) is 2.21. The van der Waals surface area contributed by atoms with Crippen molar-refractivity contribution in [2.75, 3.05) is 6.54 Å². The lowest BCUT2D eigenvalue weighted by Crippen LogP contribution is -2.15. The first kappa shape index (κ1) is 11.8. The molecule has 1 aromatic rings. The van der Waals surface area contributed by atoms with E-state index in [9.17, 15) is 0 Å². The van der Waals surface area contributed by atoms with E-state index < -0.39 is 0 Å². The van der Waals surface area contributed by atoms with Crippen LogP contribution in [0, 0.1) is 5.41 Å². The third-order valence-electron chi connectivity index (χ3n) is 2.21. The number of nitrogens with two attached hydrogens (primary N) is 1. The molecule has 82 valence electrons. The lowest BCUT2D eigenvalue weighted by Gasteiger charge is -2.16. The molecule has 0 unspecified atom stereocenters. The van der Waals surface area contributed by atoms with Crippen LogP contribution in [0.25, 0.3) is 0 Å². The molecule has 0 saturated carbocycles. The molecule has 2 N–H and O–H groups in total. The summed E-state index contributed by atoms with van der Waals surface area (Å²) >= 11 is 0. The maximum atomic E-state index is 5.87. The summed E-state index contributed by atoms with van der Waals surface area (Å²) in [5.74, 6) is 0.639. The monoisotopic (exact) mass is 204 g/mol. The molecule has 0 amide bonds. The predicted octanol–water partition coefficient (Wildman–Crippen LogP) is 2.83. The van der Waals surface area contributed by atoms with Gasteiger partial charge in [0.1, 0.15) is 5.84 Å². The molecule has 2 heteroatoms. The molecule has 0 radical (unpaired) electrons. The molecular formula is C13H20N2. The number of hydrogen-bond acceptors (Lipinski definition) is 1. The van der Waals surface area contributed by atoms with Gasteiger partial charge in [0.05, 0.1) is 0 Å². The third kappa shape index (κ3) is 4.63. The van der Waals surface area contributed by atoms with E-state index in [0.29, 0.717) is 11.3 Å². The Morgan fingerprint density at radius 3 is 2.33 bits per heavy atom. The van der Waals surface area contributed by atoms with Gasteiger partial charge in [0, 0.05) is 12.1 Å². The zero-order valence-corrected chi connectivity index (χ0v) is 9.83. The summed E-state index contributed by atoms with van der Waals surface area (Å²) in [5.41, 5.74) is 7.20. The minimum atomic E-state index is 0.320. The van der Waals surface area contributed by atoms with Crippen LogP contribution in [0.4, 0.5) is 0 Å². The van der Waals surface area contributed by atoms with Gasteiger partial charge in [-0.05, 0) is 11.8 Å². The van der Waals surface area contributed by atoms with Crippen molar-refractivity contribution < 1.29 is 0 Å². The van der Waals surface area contributed by atoms with E-state index in [1.54, 1.807) is 0 Å². The minimum absolute atomic E-state index is 0.320. The highest BCUT2D eigenvalue weighted by Crippen LogP contribution is 2.17. The Labute approximate surface area is 92.2 Å². The fourth-order valence-electron chi connectivity index (χ4n) is 1.21. The fraction of sp³-hybridized carbons (Fsp3) is 0.462. The van der Waals surface area contributed by atoms with Crippen LogP contribution >= 0.6 is 0 Å². The molecule has 0 aromatic heterocycles. The van der Waals surface area contributed by atoms with Crippen molar-refractivity contribution >= 4 is 5.84 Å². The highest BCUT2D eigenvalue weighted by atomic mass is 14.8. The van der Waals surface area contributed by atoms with E-state index in [-0.39, 0.29) is 0 Å². The summed E-state index contributed by atoms with van der Waals surface area (Å²) in [6, 6.07) is 9.89. The highest BCUT2D eigenvalue weighted by Gasteiger charge is 2.08. The number of rotatable bonds is 3. The van der Waals surface area contributed by atoms with Crippen LogP contribution in [0.15, 0.2) is 35.3 Å². The minimum Gasteiger partial charge on any atom is -0.384 e. The van der Waals surface area contributed by atoms with Crippen molar-refractivity contribution in [3.05, 3.63) is 35.9 Å². The highest BCUT2D eigenvalue weighted by molar-refractivity contribution is 5.97. The molecule has 0 spiro atoms.